The number of nitrogens with one attached hydrogen (secondary N) is 2. The topological polar surface area (TPSA) is 97.5 Å². The number of carbonyl (C=O) groups is 2. The maximum atomic E-state index is 12.0. The maximum Gasteiger partial charge on any atom is 0.344 e. The van der Waals surface area contributed by atoms with E-state index in [1.807, 2.05) is 12.1 Å². The number of aromatic amines is 1. The highest BCUT2D eigenvalue weighted by atomic mass is 16.5. The fraction of sp³-hybridized carbons (Fsp3) is 0.240. The molecule has 0 saturated heterocycles. The van der Waals surface area contributed by atoms with Gasteiger partial charge in [-0.15, -0.1) is 0 Å². The van der Waals surface area contributed by atoms with Gasteiger partial charge in [0.05, 0.1) is 0 Å². The minimum Gasteiger partial charge on any atom is -0.457 e. The van der Waals surface area contributed by atoms with Crippen LogP contribution in [0.5, 0.6) is 11.5 Å². The molecular formula is C25H26N2O5. The number of carbonyl (C=O) groups excluding carboxylic acids is 2. The molecule has 32 heavy (non-hydrogen) atoms. The molecule has 0 aliphatic heterocycles. The molecule has 0 fully saturated rings. The monoisotopic (exact) mass is 434 g/mol. The average molecular weight is 434 g/mol. The van der Waals surface area contributed by atoms with Crippen molar-refractivity contribution in [2.75, 3.05) is 11.9 Å². The summed E-state index contributed by atoms with van der Waals surface area (Å²) in [5.74, 6) is -0.0342. The number of benzene rings is 2. The predicted molar refractivity (Wildman–Crippen MR) is 122 cm³/mol. The van der Waals surface area contributed by atoms with Crippen LogP contribution in [0.3, 0.4) is 0 Å². The lowest BCUT2D eigenvalue weighted by Gasteiger charge is -2.23. The number of hydrogen-bond donors (Lipinski definition) is 2. The molecule has 2 aromatic carbocycles. The Bertz CT molecular complexity index is 1130. The van der Waals surface area contributed by atoms with Crippen molar-refractivity contribution in [2.45, 2.75) is 32.6 Å². The Morgan fingerprint density at radius 1 is 0.969 bits per heavy atom. The van der Waals surface area contributed by atoms with Gasteiger partial charge in [0, 0.05) is 11.9 Å². The maximum absolute atomic E-state index is 12.0. The Morgan fingerprint density at radius 2 is 1.59 bits per heavy atom. The zero-order valence-electron chi connectivity index (χ0n) is 18.3. The zero-order chi connectivity index (χ0) is 23.1. The highest BCUT2D eigenvalue weighted by Gasteiger charge is 2.17. The Morgan fingerprint density at radius 3 is 2.19 bits per heavy atom. The SMILES string of the molecule is CCC(C)(C)c1ccc(Oc2ccc(NC(=O)COC(=O)c3ccc[nH]c3=O)cc2)cc1. The van der Waals surface area contributed by atoms with E-state index in [9.17, 15) is 14.4 Å². The van der Waals surface area contributed by atoms with Gasteiger partial charge in [0.25, 0.3) is 11.5 Å². The van der Waals surface area contributed by atoms with Crippen LogP contribution in [-0.4, -0.2) is 23.5 Å². The number of hydrogen-bond acceptors (Lipinski definition) is 5. The summed E-state index contributed by atoms with van der Waals surface area (Å²) >= 11 is 0. The molecule has 1 aromatic heterocycles. The van der Waals surface area contributed by atoms with Gasteiger partial charge in [-0.2, -0.15) is 0 Å². The van der Waals surface area contributed by atoms with E-state index < -0.39 is 24.0 Å². The quantitative estimate of drug-likeness (QED) is 0.503. The third-order valence-electron chi connectivity index (χ3n) is 5.27. The summed E-state index contributed by atoms with van der Waals surface area (Å²) in [7, 11) is 0. The van der Waals surface area contributed by atoms with Crippen molar-refractivity contribution in [3.63, 3.8) is 0 Å². The fourth-order valence-corrected chi connectivity index (χ4v) is 2.91. The van der Waals surface area contributed by atoms with E-state index in [4.69, 9.17) is 9.47 Å². The lowest BCUT2D eigenvalue weighted by Crippen LogP contribution is -2.24. The third-order valence-corrected chi connectivity index (χ3v) is 5.27. The number of ether oxygens (including phenoxy) is 2. The molecule has 3 aromatic rings. The largest absolute Gasteiger partial charge is 0.457 e. The second-order valence-corrected chi connectivity index (χ2v) is 7.93. The fourth-order valence-electron chi connectivity index (χ4n) is 2.91. The summed E-state index contributed by atoms with van der Waals surface area (Å²) < 4.78 is 10.8. The second-order valence-electron chi connectivity index (χ2n) is 7.93. The van der Waals surface area contributed by atoms with E-state index in [0.717, 1.165) is 12.2 Å². The van der Waals surface area contributed by atoms with Crippen LogP contribution in [0.4, 0.5) is 5.69 Å². The van der Waals surface area contributed by atoms with Gasteiger partial charge in [0.15, 0.2) is 6.61 Å². The lowest BCUT2D eigenvalue weighted by molar-refractivity contribution is -0.119. The van der Waals surface area contributed by atoms with Crippen LogP contribution in [0.25, 0.3) is 0 Å². The summed E-state index contributed by atoms with van der Waals surface area (Å²) in [5.41, 5.74) is 1.16. The van der Waals surface area contributed by atoms with E-state index in [1.54, 1.807) is 24.3 Å². The van der Waals surface area contributed by atoms with Crippen LogP contribution in [-0.2, 0) is 14.9 Å². The van der Waals surface area contributed by atoms with Crippen molar-refractivity contribution in [1.82, 2.24) is 4.98 Å². The van der Waals surface area contributed by atoms with Gasteiger partial charge in [0.2, 0.25) is 0 Å². The summed E-state index contributed by atoms with van der Waals surface area (Å²) in [6.07, 6.45) is 2.45. The normalized spacial score (nSPS) is 11.0. The third kappa shape index (κ3) is 5.85. The van der Waals surface area contributed by atoms with Crippen molar-refractivity contribution in [3.8, 4) is 11.5 Å². The molecule has 7 heteroatoms. The first-order chi connectivity index (χ1) is 15.3. The van der Waals surface area contributed by atoms with E-state index in [0.29, 0.717) is 11.4 Å². The molecule has 3 rings (SSSR count). The Hall–Kier alpha value is -3.87. The molecule has 0 saturated carbocycles. The van der Waals surface area contributed by atoms with Gasteiger partial charge in [-0.3, -0.25) is 9.59 Å². The van der Waals surface area contributed by atoms with E-state index in [2.05, 4.69) is 43.2 Å². The van der Waals surface area contributed by atoms with Gasteiger partial charge in [0.1, 0.15) is 17.1 Å². The van der Waals surface area contributed by atoms with Gasteiger partial charge >= 0.3 is 5.97 Å². The van der Waals surface area contributed by atoms with Gasteiger partial charge in [-0.1, -0.05) is 32.9 Å². The average Bonchev–Trinajstić information content (AvgIpc) is 2.79. The van der Waals surface area contributed by atoms with Crippen LogP contribution in [0.1, 0.15) is 43.1 Å². The molecule has 2 N–H and O–H groups in total. The molecule has 1 heterocycles. The molecule has 7 nitrogen and oxygen atoms in total. The summed E-state index contributed by atoms with van der Waals surface area (Å²) in [5, 5.41) is 2.63. The number of H-pyrrole nitrogens is 1. The first-order valence-electron chi connectivity index (χ1n) is 10.3. The minimum atomic E-state index is -0.862. The Balaban J connectivity index is 1.52. The number of amides is 1. The van der Waals surface area contributed by atoms with Crippen LogP contribution in [0.2, 0.25) is 0 Å². The van der Waals surface area contributed by atoms with E-state index >= 15 is 0 Å². The molecule has 0 aliphatic rings. The Labute approximate surface area is 186 Å². The number of rotatable bonds is 8. The molecule has 0 aliphatic carbocycles. The van der Waals surface area contributed by atoms with Crippen LogP contribution in [0.15, 0.2) is 71.7 Å². The number of aromatic nitrogens is 1. The Kier molecular flexibility index (Phi) is 7.10. The predicted octanol–water partition coefficient (Wildman–Crippen LogP) is 4.65. The highest BCUT2D eigenvalue weighted by Crippen LogP contribution is 2.29. The molecule has 0 bridgehead atoms. The standard InChI is InChI=1S/C25H26N2O5/c1-4-25(2,3)17-7-11-19(12-8-17)32-20-13-9-18(10-14-20)27-22(28)16-31-24(30)21-6-5-15-26-23(21)29/h5-15H,4,16H2,1-3H3,(H,26,29)(H,27,28). The van der Waals surface area contributed by atoms with Crippen molar-refractivity contribution in [2.24, 2.45) is 0 Å². The van der Waals surface area contributed by atoms with Crippen molar-refractivity contribution in [1.29, 1.82) is 0 Å². The highest BCUT2D eigenvalue weighted by molar-refractivity contribution is 5.95. The number of pyridine rings is 1. The first-order valence-corrected chi connectivity index (χ1v) is 10.3. The molecular weight excluding hydrogens is 408 g/mol. The number of esters is 1. The van der Waals surface area contributed by atoms with Crippen molar-refractivity contribution >= 4 is 17.6 Å². The molecule has 0 atom stereocenters. The molecule has 0 radical (unpaired) electrons. The molecule has 0 unspecified atom stereocenters. The van der Waals surface area contributed by atoms with Gasteiger partial charge in [-0.25, -0.2) is 4.79 Å². The van der Waals surface area contributed by atoms with Crippen molar-refractivity contribution in [3.05, 3.63) is 88.3 Å². The summed E-state index contributed by atoms with van der Waals surface area (Å²) in [6, 6.07) is 17.7. The molecule has 1 amide bonds. The second kappa shape index (κ2) is 9.96. The lowest BCUT2D eigenvalue weighted by atomic mass is 9.82. The molecule has 0 spiro atoms. The van der Waals surface area contributed by atoms with Crippen molar-refractivity contribution < 1.29 is 19.1 Å². The summed E-state index contributed by atoms with van der Waals surface area (Å²) in [6.45, 7) is 6.07. The van der Waals surface area contributed by atoms with Crippen LogP contribution < -0.4 is 15.6 Å². The van der Waals surface area contributed by atoms with Gasteiger partial charge in [-0.05, 0) is 65.9 Å². The van der Waals surface area contributed by atoms with Crippen LogP contribution in [0, 0.1) is 0 Å². The first kappa shape index (κ1) is 22.8. The van der Waals surface area contributed by atoms with E-state index in [1.165, 1.54) is 23.9 Å². The van der Waals surface area contributed by atoms with Crippen LogP contribution >= 0.6 is 0 Å². The number of anilines is 1. The molecule has 166 valence electrons. The van der Waals surface area contributed by atoms with E-state index in [-0.39, 0.29) is 11.0 Å². The zero-order valence-corrected chi connectivity index (χ0v) is 18.3. The summed E-state index contributed by atoms with van der Waals surface area (Å²) in [4.78, 5) is 37.9. The minimum absolute atomic E-state index is 0.115. The van der Waals surface area contributed by atoms with Gasteiger partial charge < -0.3 is 19.8 Å². The smallest absolute Gasteiger partial charge is 0.344 e.